The fraction of sp³-hybridized carbons (Fsp3) is 0.591. The standard InChI is InChI=1S/C22H28N2O3S/c25-20(15-27-21(26)12-11-16-6-1-2-7-16)24-13-5-8-17(14-24)22-23-18-9-3-4-10-19(18)28-22/h3-4,9-10,16-17H,1-2,5-8,11-15H2/t17-/m1/s1. The maximum atomic E-state index is 12.5. The zero-order chi connectivity index (χ0) is 19.3. The molecule has 2 heterocycles. The van der Waals surface area contributed by atoms with Gasteiger partial charge in [-0.25, -0.2) is 4.98 Å². The van der Waals surface area contributed by atoms with Crippen LogP contribution in [0.2, 0.25) is 0 Å². The molecule has 2 aromatic rings. The van der Waals surface area contributed by atoms with E-state index in [1.807, 2.05) is 23.1 Å². The summed E-state index contributed by atoms with van der Waals surface area (Å²) in [5, 5.41) is 1.10. The first kappa shape index (κ1) is 19.4. The van der Waals surface area contributed by atoms with Gasteiger partial charge in [-0.3, -0.25) is 9.59 Å². The molecule has 150 valence electrons. The first-order valence-corrected chi connectivity index (χ1v) is 11.3. The van der Waals surface area contributed by atoms with E-state index >= 15 is 0 Å². The van der Waals surface area contributed by atoms with Gasteiger partial charge in [-0.15, -0.1) is 11.3 Å². The van der Waals surface area contributed by atoms with E-state index in [1.54, 1.807) is 11.3 Å². The molecule has 6 heteroatoms. The van der Waals surface area contributed by atoms with E-state index in [-0.39, 0.29) is 24.4 Å². The number of thiazole rings is 1. The second kappa shape index (κ2) is 9.03. The highest BCUT2D eigenvalue weighted by atomic mass is 32.1. The summed E-state index contributed by atoms with van der Waals surface area (Å²) in [6, 6.07) is 8.16. The topological polar surface area (TPSA) is 59.5 Å². The van der Waals surface area contributed by atoms with Crippen LogP contribution < -0.4 is 0 Å². The summed E-state index contributed by atoms with van der Waals surface area (Å²) in [4.78, 5) is 31.1. The molecule has 1 aromatic heterocycles. The number of likely N-dealkylation sites (tertiary alicyclic amines) is 1. The van der Waals surface area contributed by atoms with Crippen molar-refractivity contribution in [3.05, 3.63) is 29.3 Å². The monoisotopic (exact) mass is 400 g/mol. The van der Waals surface area contributed by atoms with Crippen LogP contribution in [-0.2, 0) is 14.3 Å². The van der Waals surface area contributed by atoms with Crippen LogP contribution >= 0.6 is 11.3 Å². The molecule has 1 aliphatic heterocycles. The molecule has 1 aliphatic carbocycles. The third-order valence-corrected chi connectivity index (χ3v) is 7.22. The molecule has 0 N–H and O–H groups in total. The van der Waals surface area contributed by atoms with Crippen molar-refractivity contribution in [1.82, 2.24) is 9.88 Å². The van der Waals surface area contributed by atoms with Gasteiger partial charge < -0.3 is 9.64 Å². The number of nitrogens with zero attached hydrogens (tertiary/aromatic N) is 2. The number of ether oxygens (including phenoxy) is 1. The van der Waals surface area contributed by atoms with Gasteiger partial charge in [0.15, 0.2) is 6.61 Å². The number of amides is 1. The number of benzene rings is 1. The SMILES string of the molecule is O=C(CCC1CCCC1)OCC(=O)N1CCC[C@@H](c2nc3ccccc3s2)C1. The lowest BCUT2D eigenvalue weighted by atomic mass is 9.99. The van der Waals surface area contributed by atoms with Crippen molar-refractivity contribution in [2.75, 3.05) is 19.7 Å². The zero-order valence-electron chi connectivity index (χ0n) is 16.3. The van der Waals surface area contributed by atoms with Crippen molar-refractivity contribution in [3.63, 3.8) is 0 Å². The van der Waals surface area contributed by atoms with Crippen LogP contribution in [-0.4, -0.2) is 41.5 Å². The zero-order valence-corrected chi connectivity index (χ0v) is 17.1. The minimum atomic E-state index is -0.236. The van der Waals surface area contributed by atoms with Crippen LogP contribution in [0.1, 0.15) is 62.3 Å². The number of carbonyl (C=O) groups is 2. The Labute approximate surface area is 170 Å². The summed E-state index contributed by atoms with van der Waals surface area (Å²) in [5.41, 5.74) is 1.03. The average Bonchev–Trinajstić information content (AvgIpc) is 3.40. The second-order valence-electron chi connectivity index (χ2n) is 8.05. The predicted molar refractivity (Wildman–Crippen MR) is 110 cm³/mol. The number of carbonyl (C=O) groups excluding carboxylic acids is 2. The van der Waals surface area contributed by atoms with Crippen LogP contribution in [0.4, 0.5) is 0 Å². The molecular formula is C22H28N2O3S. The van der Waals surface area contributed by atoms with E-state index in [4.69, 9.17) is 9.72 Å². The molecule has 2 fully saturated rings. The molecule has 1 atom stereocenters. The molecule has 0 spiro atoms. The number of para-hydroxylation sites is 1. The summed E-state index contributed by atoms with van der Waals surface area (Å²) in [5.74, 6) is 0.619. The minimum absolute atomic E-state index is 0.0833. The molecule has 0 bridgehead atoms. The van der Waals surface area contributed by atoms with Gasteiger partial charge in [-0.05, 0) is 37.3 Å². The highest BCUT2D eigenvalue weighted by Crippen LogP contribution is 2.33. The van der Waals surface area contributed by atoms with E-state index in [0.29, 0.717) is 18.9 Å². The van der Waals surface area contributed by atoms with Gasteiger partial charge >= 0.3 is 5.97 Å². The normalized spacial score (nSPS) is 20.6. The molecule has 5 nitrogen and oxygen atoms in total. The third kappa shape index (κ3) is 4.72. The van der Waals surface area contributed by atoms with E-state index in [1.165, 1.54) is 30.4 Å². The molecule has 1 aromatic carbocycles. The molecule has 28 heavy (non-hydrogen) atoms. The van der Waals surface area contributed by atoms with Gasteiger partial charge in [0.05, 0.1) is 15.2 Å². The van der Waals surface area contributed by atoms with Gasteiger partial charge in [-0.1, -0.05) is 37.8 Å². The van der Waals surface area contributed by atoms with Crippen LogP contribution in [0.15, 0.2) is 24.3 Å². The molecule has 0 radical (unpaired) electrons. The maximum absolute atomic E-state index is 12.5. The van der Waals surface area contributed by atoms with Crippen LogP contribution in [0.5, 0.6) is 0 Å². The molecule has 1 amide bonds. The lowest BCUT2D eigenvalue weighted by Gasteiger charge is -2.31. The summed E-state index contributed by atoms with van der Waals surface area (Å²) < 4.78 is 6.45. The number of hydrogen-bond donors (Lipinski definition) is 0. The lowest BCUT2D eigenvalue weighted by Crippen LogP contribution is -2.41. The second-order valence-corrected chi connectivity index (χ2v) is 9.11. The highest BCUT2D eigenvalue weighted by molar-refractivity contribution is 7.18. The average molecular weight is 401 g/mol. The molecular weight excluding hydrogens is 372 g/mol. The Bertz CT molecular complexity index is 795. The minimum Gasteiger partial charge on any atom is -0.456 e. The summed E-state index contributed by atoms with van der Waals surface area (Å²) in [6.07, 6.45) is 8.36. The Hall–Kier alpha value is -1.95. The fourth-order valence-electron chi connectivity index (χ4n) is 4.40. The third-order valence-electron chi connectivity index (χ3n) is 6.02. The molecule has 1 saturated carbocycles. The molecule has 4 rings (SSSR count). The van der Waals surface area contributed by atoms with Gasteiger partial charge in [0.2, 0.25) is 0 Å². The number of fused-ring (bicyclic) bond motifs is 1. The van der Waals surface area contributed by atoms with Crippen molar-refractivity contribution in [3.8, 4) is 0 Å². The Morgan fingerprint density at radius 3 is 2.79 bits per heavy atom. The van der Waals surface area contributed by atoms with Gasteiger partial charge in [0.1, 0.15) is 0 Å². The summed E-state index contributed by atoms with van der Waals surface area (Å²) in [7, 11) is 0. The number of piperidine rings is 1. The van der Waals surface area contributed by atoms with Crippen molar-refractivity contribution < 1.29 is 14.3 Å². The van der Waals surface area contributed by atoms with Crippen LogP contribution in [0.3, 0.4) is 0 Å². The Morgan fingerprint density at radius 1 is 1.14 bits per heavy atom. The van der Waals surface area contributed by atoms with Crippen molar-refractivity contribution >= 4 is 33.4 Å². The van der Waals surface area contributed by atoms with Crippen LogP contribution in [0, 0.1) is 5.92 Å². The summed E-state index contributed by atoms with van der Waals surface area (Å²) >= 11 is 1.72. The van der Waals surface area contributed by atoms with Crippen molar-refractivity contribution in [1.29, 1.82) is 0 Å². The van der Waals surface area contributed by atoms with Gasteiger partial charge in [-0.2, -0.15) is 0 Å². The largest absolute Gasteiger partial charge is 0.456 e. The van der Waals surface area contributed by atoms with E-state index in [9.17, 15) is 9.59 Å². The van der Waals surface area contributed by atoms with Gasteiger partial charge in [0.25, 0.3) is 5.91 Å². The van der Waals surface area contributed by atoms with Gasteiger partial charge in [0, 0.05) is 25.4 Å². The summed E-state index contributed by atoms with van der Waals surface area (Å²) in [6.45, 7) is 1.27. The van der Waals surface area contributed by atoms with Crippen molar-refractivity contribution in [2.45, 2.75) is 57.3 Å². The van der Waals surface area contributed by atoms with E-state index in [0.717, 1.165) is 36.3 Å². The quantitative estimate of drug-likeness (QED) is 0.669. The molecule has 2 aliphatic rings. The molecule has 0 unspecified atom stereocenters. The Morgan fingerprint density at radius 2 is 1.96 bits per heavy atom. The Balaban J connectivity index is 1.26. The smallest absolute Gasteiger partial charge is 0.306 e. The first-order chi connectivity index (χ1) is 13.7. The number of rotatable bonds is 6. The van der Waals surface area contributed by atoms with E-state index < -0.39 is 0 Å². The van der Waals surface area contributed by atoms with Crippen molar-refractivity contribution in [2.24, 2.45) is 5.92 Å². The first-order valence-electron chi connectivity index (χ1n) is 10.5. The number of esters is 1. The maximum Gasteiger partial charge on any atom is 0.306 e. The molecule has 1 saturated heterocycles. The predicted octanol–water partition coefficient (Wildman–Crippen LogP) is 4.52. The number of aromatic nitrogens is 1. The van der Waals surface area contributed by atoms with Crippen LogP contribution in [0.25, 0.3) is 10.2 Å². The fourth-order valence-corrected chi connectivity index (χ4v) is 5.49. The highest BCUT2D eigenvalue weighted by Gasteiger charge is 2.27. The Kier molecular flexibility index (Phi) is 6.25. The van der Waals surface area contributed by atoms with E-state index in [2.05, 4.69) is 6.07 Å². The number of hydrogen-bond acceptors (Lipinski definition) is 5. The lowest BCUT2D eigenvalue weighted by molar-refractivity contribution is -0.152.